The van der Waals surface area contributed by atoms with Gasteiger partial charge >= 0.3 is 15.5 Å². The molecule has 0 saturated carbocycles. The van der Waals surface area contributed by atoms with Crippen molar-refractivity contribution in [2.75, 3.05) is 5.75 Å². The first-order valence-corrected chi connectivity index (χ1v) is 11.8. The van der Waals surface area contributed by atoms with Gasteiger partial charge in [-0.15, -0.1) is 4.13 Å². The van der Waals surface area contributed by atoms with Crippen molar-refractivity contribution < 1.29 is 30.0 Å². The molecule has 0 saturated heterocycles. The zero-order valence-electron chi connectivity index (χ0n) is 14.9. The third-order valence-corrected chi connectivity index (χ3v) is 7.06. The van der Waals surface area contributed by atoms with Crippen LogP contribution in [0.4, 0.5) is 13.2 Å². The van der Waals surface area contributed by atoms with E-state index in [1.54, 1.807) is 0 Å². The van der Waals surface area contributed by atoms with Crippen LogP contribution in [0.3, 0.4) is 0 Å². The van der Waals surface area contributed by atoms with E-state index in [1.165, 1.54) is 25.7 Å². The molecule has 5 nitrogen and oxygen atoms in total. The van der Waals surface area contributed by atoms with E-state index in [4.69, 9.17) is 0 Å². The minimum atomic E-state index is -5.86. The highest BCUT2D eigenvalue weighted by Crippen LogP contribution is 2.22. The fourth-order valence-corrected chi connectivity index (χ4v) is 4.97. The molecule has 0 atom stereocenters. The molecule has 10 heteroatoms. The predicted octanol–water partition coefficient (Wildman–Crippen LogP) is 4.31. The highest BCUT2D eigenvalue weighted by Gasteiger charge is 2.48. The summed E-state index contributed by atoms with van der Waals surface area (Å²) in [5.74, 6) is 0.106. The number of sulfonamides is 2. The zero-order chi connectivity index (χ0) is 19.6. The van der Waals surface area contributed by atoms with E-state index in [2.05, 4.69) is 13.8 Å². The van der Waals surface area contributed by atoms with Crippen LogP contribution in [0.5, 0.6) is 0 Å². The van der Waals surface area contributed by atoms with Crippen molar-refractivity contribution in [2.24, 2.45) is 5.92 Å². The van der Waals surface area contributed by atoms with E-state index in [0.717, 1.165) is 35.7 Å². The van der Waals surface area contributed by atoms with Crippen LogP contribution in [0.1, 0.15) is 78.1 Å². The van der Waals surface area contributed by atoms with Gasteiger partial charge in [0, 0.05) is 0 Å². The maximum Gasteiger partial charge on any atom is 0.512 e. The second-order valence-corrected chi connectivity index (χ2v) is 10.5. The third-order valence-electron chi connectivity index (χ3n) is 3.74. The Morgan fingerprint density at radius 3 is 1.56 bits per heavy atom. The van der Waals surface area contributed by atoms with Gasteiger partial charge in [-0.1, -0.05) is 71.6 Å². The van der Waals surface area contributed by atoms with E-state index in [9.17, 15) is 30.0 Å². The Bertz CT molecular complexity index is 558. The van der Waals surface area contributed by atoms with Gasteiger partial charge in [-0.05, 0) is 12.3 Å². The van der Waals surface area contributed by atoms with Crippen LogP contribution in [-0.2, 0) is 20.0 Å². The summed E-state index contributed by atoms with van der Waals surface area (Å²) in [5.41, 5.74) is -5.63. The Kier molecular flexibility index (Phi) is 11.2. The Morgan fingerprint density at radius 1 is 0.760 bits per heavy atom. The van der Waals surface area contributed by atoms with E-state index in [0.29, 0.717) is 6.42 Å². The lowest BCUT2D eigenvalue weighted by Crippen LogP contribution is -2.41. The smallest absolute Gasteiger partial charge is 0.211 e. The van der Waals surface area contributed by atoms with Crippen molar-refractivity contribution in [2.45, 2.75) is 83.6 Å². The molecule has 0 aliphatic heterocycles. The Balaban J connectivity index is 3.75. The van der Waals surface area contributed by atoms with Gasteiger partial charge in [0.1, 0.15) is 0 Å². The Morgan fingerprint density at radius 2 is 1.16 bits per heavy atom. The van der Waals surface area contributed by atoms with Gasteiger partial charge < -0.3 is 0 Å². The van der Waals surface area contributed by atoms with E-state index in [1.807, 2.05) is 0 Å². The summed E-state index contributed by atoms with van der Waals surface area (Å²) in [4.78, 5) is 0. The lowest BCUT2D eigenvalue weighted by molar-refractivity contribution is -0.0441. The SMILES string of the molecule is CC(C)CCCCCCCCCCCS(=O)(=O)NS(=O)(=O)C(F)(F)F. The molecular weight excluding hydrogens is 379 g/mol. The van der Waals surface area contributed by atoms with Crippen molar-refractivity contribution in [3.63, 3.8) is 0 Å². The topological polar surface area (TPSA) is 80.3 Å². The molecule has 0 unspecified atom stereocenters. The number of rotatable bonds is 14. The molecule has 1 N–H and O–H groups in total. The molecule has 0 aromatic rings. The molecule has 0 radical (unpaired) electrons. The maximum atomic E-state index is 12.1. The quantitative estimate of drug-likeness (QED) is 0.434. The minimum Gasteiger partial charge on any atom is -0.211 e. The van der Waals surface area contributed by atoms with Gasteiger partial charge in [0.25, 0.3) is 0 Å². The van der Waals surface area contributed by atoms with Gasteiger partial charge in [0.05, 0.1) is 5.75 Å². The van der Waals surface area contributed by atoms with Gasteiger partial charge in [-0.25, -0.2) is 16.8 Å². The van der Waals surface area contributed by atoms with Crippen molar-refractivity contribution in [1.29, 1.82) is 0 Å². The van der Waals surface area contributed by atoms with Crippen LogP contribution < -0.4 is 4.13 Å². The van der Waals surface area contributed by atoms with E-state index in [-0.39, 0.29) is 6.42 Å². The highest BCUT2D eigenvalue weighted by atomic mass is 32.3. The molecule has 0 fully saturated rings. The van der Waals surface area contributed by atoms with Crippen LogP contribution in [0.15, 0.2) is 0 Å². The molecular formula is C15H30F3NO4S2. The molecule has 0 aliphatic carbocycles. The lowest BCUT2D eigenvalue weighted by Gasteiger charge is -2.10. The van der Waals surface area contributed by atoms with Crippen molar-refractivity contribution >= 4 is 20.0 Å². The largest absolute Gasteiger partial charge is 0.512 e. The van der Waals surface area contributed by atoms with Crippen LogP contribution in [-0.4, -0.2) is 28.1 Å². The molecule has 0 amide bonds. The Labute approximate surface area is 149 Å². The van der Waals surface area contributed by atoms with Crippen LogP contribution in [0, 0.1) is 5.92 Å². The second kappa shape index (κ2) is 11.4. The molecule has 0 aromatic carbocycles. The number of nitrogens with one attached hydrogen (secondary N) is 1. The molecule has 0 aromatic heterocycles. The first-order chi connectivity index (χ1) is 11.4. The predicted molar refractivity (Wildman–Crippen MR) is 92.9 cm³/mol. The fraction of sp³-hybridized carbons (Fsp3) is 1.00. The molecule has 0 bridgehead atoms. The molecule has 0 heterocycles. The second-order valence-electron chi connectivity index (χ2n) is 6.72. The van der Waals surface area contributed by atoms with Gasteiger partial charge in [-0.3, -0.25) is 0 Å². The maximum absolute atomic E-state index is 12.1. The third kappa shape index (κ3) is 12.6. The van der Waals surface area contributed by atoms with Gasteiger partial charge in [0.15, 0.2) is 0 Å². The number of halogens is 3. The summed E-state index contributed by atoms with van der Waals surface area (Å²) in [5, 5.41) is 0. The fourth-order valence-electron chi connectivity index (χ4n) is 2.34. The zero-order valence-corrected chi connectivity index (χ0v) is 16.6. The van der Waals surface area contributed by atoms with Crippen molar-refractivity contribution in [1.82, 2.24) is 4.13 Å². The summed E-state index contributed by atoms with van der Waals surface area (Å²) < 4.78 is 81.4. The highest BCUT2D eigenvalue weighted by molar-refractivity contribution is 8.05. The normalized spacial score (nSPS) is 13.5. The summed E-state index contributed by atoms with van der Waals surface area (Å²) in [7, 11) is -10.4. The summed E-state index contributed by atoms with van der Waals surface area (Å²) >= 11 is 0. The van der Waals surface area contributed by atoms with Crippen LogP contribution in [0.25, 0.3) is 0 Å². The number of alkyl halides is 3. The standard InChI is InChI=1S/C15H30F3NO4S2/c1-14(2)12-10-8-6-4-3-5-7-9-11-13-24(20,21)19-25(22,23)15(16,17)18/h14,19H,3-13H2,1-2H3. The van der Waals surface area contributed by atoms with Crippen LogP contribution in [0.2, 0.25) is 0 Å². The summed E-state index contributed by atoms with van der Waals surface area (Å²) in [6.45, 7) is 4.41. The van der Waals surface area contributed by atoms with Crippen LogP contribution >= 0.6 is 0 Å². The summed E-state index contributed by atoms with van der Waals surface area (Å²) in [6, 6.07) is 0. The first kappa shape index (κ1) is 24.7. The number of unbranched alkanes of at least 4 members (excludes halogenated alkanes) is 8. The lowest BCUT2D eigenvalue weighted by atomic mass is 10.0. The van der Waals surface area contributed by atoms with E-state index < -0.39 is 31.3 Å². The minimum absolute atomic E-state index is 0.136. The average molecular weight is 410 g/mol. The van der Waals surface area contributed by atoms with E-state index >= 15 is 0 Å². The van der Waals surface area contributed by atoms with Gasteiger partial charge in [0.2, 0.25) is 10.0 Å². The number of hydrogen-bond donors (Lipinski definition) is 1. The van der Waals surface area contributed by atoms with Gasteiger partial charge in [-0.2, -0.15) is 13.2 Å². The number of hydrogen-bond acceptors (Lipinski definition) is 4. The average Bonchev–Trinajstić information content (AvgIpc) is 2.41. The molecule has 25 heavy (non-hydrogen) atoms. The summed E-state index contributed by atoms with van der Waals surface area (Å²) in [6.07, 6.45) is 9.46. The molecule has 0 rings (SSSR count). The molecule has 0 aliphatic rings. The molecule has 152 valence electrons. The first-order valence-electron chi connectivity index (χ1n) is 8.70. The van der Waals surface area contributed by atoms with Crippen molar-refractivity contribution in [3.05, 3.63) is 0 Å². The monoisotopic (exact) mass is 409 g/mol. The van der Waals surface area contributed by atoms with Crippen molar-refractivity contribution in [3.8, 4) is 0 Å². The Hall–Kier alpha value is -0.350. The molecule has 0 spiro atoms.